The Kier molecular flexibility index (Phi) is 6.43. The van der Waals surface area contributed by atoms with Gasteiger partial charge in [-0.2, -0.15) is 0 Å². The van der Waals surface area contributed by atoms with Gasteiger partial charge in [-0.05, 0) is 124 Å². The zero-order valence-electron chi connectivity index (χ0n) is 31.5. The largest absolute Gasteiger partial charge is 0.456 e. The van der Waals surface area contributed by atoms with Crippen molar-refractivity contribution in [2.75, 3.05) is 0 Å². The van der Waals surface area contributed by atoms with Gasteiger partial charge in [-0.1, -0.05) is 182 Å². The van der Waals surface area contributed by atoms with Gasteiger partial charge in [0.05, 0.1) is 5.41 Å². The Labute approximate surface area is 336 Å². The van der Waals surface area contributed by atoms with Gasteiger partial charge in [0.2, 0.25) is 0 Å². The van der Waals surface area contributed by atoms with Crippen LogP contribution in [0.2, 0.25) is 0 Å². The van der Waals surface area contributed by atoms with Gasteiger partial charge in [0.15, 0.2) is 0 Å². The van der Waals surface area contributed by atoms with Crippen LogP contribution >= 0.6 is 0 Å². The van der Waals surface area contributed by atoms with Crippen LogP contribution in [-0.4, -0.2) is 0 Å². The highest BCUT2D eigenvalue weighted by Crippen LogP contribution is 2.63. The molecule has 0 fully saturated rings. The third-order valence-electron chi connectivity index (χ3n) is 13.1. The van der Waals surface area contributed by atoms with Crippen molar-refractivity contribution in [3.63, 3.8) is 0 Å². The summed E-state index contributed by atoms with van der Waals surface area (Å²) in [5.74, 6) is 0. The van der Waals surface area contributed by atoms with E-state index in [1.54, 1.807) is 0 Å². The fourth-order valence-electron chi connectivity index (χ4n) is 10.7. The quantitative estimate of drug-likeness (QED) is 0.165. The molecule has 0 aliphatic heterocycles. The summed E-state index contributed by atoms with van der Waals surface area (Å²) in [6.45, 7) is 0. The molecule has 10 aromatic carbocycles. The van der Waals surface area contributed by atoms with Gasteiger partial charge in [-0.3, -0.25) is 0 Å². The molecule has 0 unspecified atom stereocenters. The van der Waals surface area contributed by atoms with Crippen LogP contribution in [-0.2, 0) is 5.41 Å². The molecule has 1 nitrogen and oxygen atoms in total. The van der Waals surface area contributed by atoms with Crippen LogP contribution in [0.5, 0.6) is 0 Å². The van der Waals surface area contributed by atoms with Crippen LogP contribution in [0.1, 0.15) is 22.3 Å². The van der Waals surface area contributed by atoms with Crippen LogP contribution in [0.4, 0.5) is 0 Å². The SMILES string of the molecule is c1ccc(-c2ccc(-c3c4ccccc4c(-c4ccc5c(c4)oc4cc6c(cc45)-c4ccccc4C64c5ccccc5-c5ccccc54)c4ccccc34)cc2)cc1. The van der Waals surface area contributed by atoms with E-state index in [0.29, 0.717) is 0 Å². The molecule has 0 saturated heterocycles. The highest BCUT2D eigenvalue weighted by atomic mass is 16.3. The van der Waals surface area contributed by atoms with Gasteiger partial charge in [0.1, 0.15) is 11.2 Å². The molecule has 13 rings (SSSR count). The average molecular weight is 735 g/mol. The second-order valence-corrected chi connectivity index (χ2v) is 15.9. The number of rotatable bonds is 3. The molecule has 268 valence electrons. The molecule has 0 atom stereocenters. The van der Waals surface area contributed by atoms with E-state index in [2.05, 4.69) is 206 Å². The van der Waals surface area contributed by atoms with Crippen molar-refractivity contribution in [1.82, 2.24) is 0 Å². The second-order valence-electron chi connectivity index (χ2n) is 15.9. The Bertz CT molecular complexity index is 3390. The van der Waals surface area contributed by atoms with Crippen molar-refractivity contribution >= 4 is 43.5 Å². The van der Waals surface area contributed by atoms with Gasteiger partial charge >= 0.3 is 0 Å². The molecule has 2 aliphatic carbocycles. The molecule has 2 aliphatic rings. The van der Waals surface area contributed by atoms with E-state index in [-0.39, 0.29) is 0 Å². The first-order valence-corrected chi connectivity index (χ1v) is 20.2. The lowest BCUT2D eigenvalue weighted by molar-refractivity contribution is 0.666. The summed E-state index contributed by atoms with van der Waals surface area (Å²) in [6.07, 6.45) is 0. The maximum atomic E-state index is 6.98. The molecule has 0 N–H and O–H groups in total. The molecule has 0 bridgehead atoms. The number of fused-ring (bicyclic) bond motifs is 15. The topological polar surface area (TPSA) is 13.1 Å². The first-order valence-electron chi connectivity index (χ1n) is 20.2. The number of hydrogen-bond acceptors (Lipinski definition) is 1. The first-order chi connectivity index (χ1) is 28.8. The molecule has 0 amide bonds. The molecule has 0 saturated carbocycles. The Morgan fingerprint density at radius 2 is 0.690 bits per heavy atom. The molecule has 1 heteroatoms. The summed E-state index contributed by atoms with van der Waals surface area (Å²) in [5.41, 5.74) is 19.2. The summed E-state index contributed by atoms with van der Waals surface area (Å²) in [4.78, 5) is 0. The summed E-state index contributed by atoms with van der Waals surface area (Å²) in [5, 5.41) is 7.23. The van der Waals surface area contributed by atoms with Crippen LogP contribution in [0.3, 0.4) is 0 Å². The second kappa shape index (κ2) is 11.8. The van der Waals surface area contributed by atoms with E-state index < -0.39 is 5.41 Å². The van der Waals surface area contributed by atoms with E-state index in [9.17, 15) is 0 Å². The lowest BCUT2D eigenvalue weighted by Gasteiger charge is -2.30. The number of benzene rings is 10. The third kappa shape index (κ3) is 4.15. The molecular weight excluding hydrogens is 701 g/mol. The van der Waals surface area contributed by atoms with E-state index in [1.165, 1.54) is 93.9 Å². The van der Waals surface area contributed by atoms with E-state index in [0.717, 1.165) is 27.5 Å². The minimum Gasteiger partial charge on any atom is -0.456 e. The molecular formula is C57H34O. The Morgan fingerprint density at radius 1 is 0.259 bits per heavy atom. The lowest BCUT2D eigenvalue weighted by atomic mass is 9.70. The summed E-state index contributed by atoms with van der Waals surface area (Å²) in [6, 6.07) is 76.0. The molecule has 58 heavy (non-hydrogen) atoms. The van der Waals surface area contributed by atoms with Gasteiger partial charge in [-0.15, -0.1) is 0 Å². The standard InChI is InChI=1S/C57H34O/c1-2-14-35(15-3-1)36-26-28-37(29-27-36)55-43-19-4-6-21-45(43)56(46-22-7-5-20-44(46)55)38-30-31-42-48-33-47-41-18-10-13-25-51(41)57(52(47)34-54(48)58-53(42)32-38)49-23-11-8-16-39(49)40-17-9-12-24-50(40)57/h1-34H. The summed E-state index contributed by atoms with van der Waals surface area (Å²) < 4.78 is 6.98. The van der Waals surface area contributed by atoms with Crippen LogP contribution < -0.4 is 0 Å². The van der Waals surface area contributed by atoms with Gasteiger partial charge in [-0.25, -0.2) is 0 Å². The Hall–Kier alpha value is -7.48. The van der Waals surface area contributed by atoms with Crippen molar-refractivity contribution in [1.29, 1.82) is 0 Å². The normalized spacial score (nSPS) is 13.3. The third-order valence-corrected chi connectivity index (χ3v) is 13.1. The fourth-order valence-corrected chi connectivity index (χ4v) is 10.7. The van der Waals surface area contributed by atoms with Crippen LogP contribution in [0.25, 0.3) is 99.1 Å². The van der Waals surface area contributed by atoms with Crippen molar-refractivity contribution in [2.45, 2.75) is 5.41 Å². The monoisotopic (exact) mass is 734 g/mol. The first kappa shape index (κ1) is 31.7. The molecule has 1 aromatic heterocycles. The van der Waals surface area contributed by atoms with E-state index in [4.69, 9.17) is 4.42 Å². The number of hydrogen-bond donors (Lipinski definition) is 0. The molecule has 11 aromatic rings. The minimum absolute atomic E-state index is 0.404. The zero-order chi connectivity index (χ0) is 38.0. The van der Waals surface area contributed by atoms with Crippen molar-refractivity contribution in [2.24, 2.45) is 0 Å². The maximum absolute atomic E-state index is 6.98. The molecule has 1 spiro atoms. The minimum atomic E-state index is -0.404. The average Bonchev–Trinajstić information content (AvgIpc) is 3.91. The summed E-state index contributed by atoms with van der Waals surface area (Å²) in [7, 11) is 0. The smallest absolute Gasteiger partial charge is 0.136 e. The van der Waals surface area contributed by atoms with E-state index >= 15 is 0 Å². The Balaban J connectivity index is 1.01. The van der Waals surface area contributed by atoms with Gasteiger partial charge in [0, 0.05) is 10.8 Å². The van der Waals surface area contributed by atoms with Crippen molar-refractivity contribution in [3.8, 4) is 55.6 Å². The Morgan fingerprint density at radius 3 is 1.28 bits per heavy atom. The fraction of sp³-hybridized carbons (Fsp3) is 0.0175. The van der Waals surface area contributed by atoms with Crippen LogP contribution in [0.15, 0.2) is 211 Å². The predicted octanol–water partition coefficient (Wildman–Crippen LogP) is 15.2. The highest BCUT2D eigenvalue weighted by molar-refractivity contribution is 6.22. The lowest BCUT2D eigenvalue weighted by Crippen LogP contribution is -2.25. The van der Waals surface area contributed by atoms with E-state index in [1.807, 2.05) is 0 Å². The van der Waals surface area contributed by atoms with Crippen LogP contribution in [0, 0.1) is 0 Å². The number of furan rings is 1. The maximum Gasteiger partial charge on any atom is 0.136 e. The highest BCUT2D eigenvalue weighted by Gasteiger charge is 2.51. The van der Waals surface area contributed by atoms with Crippen molar-refractivity contribution < 1.29 is 4.42 Å². The molecule has 1 heterocycles. The van der Waals surface area contributed by atoms with Gasteiger partial charge < -0.3 is 4.42 Å². The molecule has 0 radical (unpaired) electrons. The van der Waals surface area contributed by atoms with Gasteiger partial charge in [0.25, 0.3) is 0 Å². The summed E-state index contributed by atoms with van der Waals surface area (Å²) >= 11 is 0. The van der Waals surface area contributed by atoms with Crippen molar-refractivity contribution in [3.05, 3.63) is 229 Å². The predicted molar refractivity (Wildman–Crippen MR) is 241 cm³/mol. The zero-order valence-corrected chi connectivity index (χ0v) is 31.5.